The van der Waals surface area contributed by atoms with E-state index in [1.54, 1.807) is 0 Å². The molecule has 0 fully saturated rings. The number of halogens is 3. The number of rotatable bonds is 4. The first-order valence-electron chi connectivity index (χ1n) is 6.81. The van der Waals surface area contributed by atoms with Gasteiger partial charge in [0.2, 0.25) is 0 Å². The summed E-state index contributed by atoms with van der Waals surface area (Å²) in [6, 6.07) is 2.82. The van der Waals surface area contributed by atoms with Crippen LogP contribution >= 0.6 is 0 Å². The summed E-state index contributed by atoms with van der Waals surface area (Å²) in [6.07, 6.45) is -1.49. The zero-order valence-electron chi connectivity index (χ0n) is 13.0. The maximum Gasteiger partial charge on any atom is 0.407 e. The minimum atomic E-state index is -3.67. The Balaban J connectivity index is 3.24. The number of amides is 1. The Kier molecular flexibility index (Phi) is 5.12. The van der Waals surface area contributed by atoms with Crippen molar-refractivity contribution in [1.29, 1.82) is 0 Å². The van der Waals surface area contributed by atoms with Crippen LogP contribution in [0, 0.1) is 5.82 Å². The third-order valence-electron chi connectivity index (χ3n) is 3.31. The quantitative estimate of drug-likeness (QED) is 0.889. The molecule has 0 aliphatic rings. The van der Waals surface area contributed by atoms with Crippen molar-refractivity contribution in [2.24, 2.45) is 5.73 Å². The van der Waals surface area contributed by atoms with Crippen LogP contribution in [0.3, 0.4) is 0 Å². The molecule has 0 aliphatic heterocycles. The third kappa shape index (κ3) is 3.91. The van der Waals surface area contributed by atoms with E-state index >= 15 is 0 Å². The fourth-order valence-corrected chi connectivity index (χ4v) is 2.06. The number of hydrogen-bond acceptors (Lipinski definition) is 2. The molecule has 0 aliphatic carbocycles. The van der Waals surface area contributed by atoms with Crippen molar-refractivity contribution in [2.45, 2.75) is 45.2 Å². The minimum Gasteiger partial charge on any atom is -0.465 e. The van der Waals surface area contributed by atoms with Gasteiger partial charge in [0, 0.05) is 17.1 Å². The van der Waals surface area contributed by atoms with Crippen molar-refractivity contribution in [2.75, 3.05) is 6.54 Å². The molecule has 1 atom stereocenters. The smallest absolute Gasteiger partial charge is 0.407 e. The van der Waals surface area contributed by atoms with E-state index in [2.05, 4.69) is 0 Å². The summed E-state index contributed by atoms with van der Waals surface area (Å²) >= 11 is 0. The van der Waals surface area contributed by atoms with Gasteiger partial charge in [0.1, 0.15) is 5.82 Å². The summed E-state index contributed by atoms with van der Waals surface area (Å²) < 4.78 is 43.1. The molecule has 1 aromatic carbocycles. The van der Waals surface area contributed by atoms with Crippen LogP contribution < -0.4 is 5.73 Å². The van der Waals surface area contributed by atoms with Gasteiger partial charge < -0.3 is 10.8 Å². The molecular formula is C15H21F3N2O2. The van der Waals surface area contributed by atoms with Gasteiger partial charge in [0.05, 0.1) is 12.1 Å². The van der Waals surface area contributed by atoms with Gasteiger partial charge in [-0.15, -0.1) is 0 Å². The average Bonchev–Trinajstić information content (AvgIpc) is 2.34. The standard InChI is InChI=1S/C15H21F3N2O2/c1-9(19)10-6-5-7-11(12(10)16)15(17,18)8-20(13(21)22)14(2,3)4/h5-7,9H,8,19H2,1-4H3,(H,21,22)/t9-/m1/s1. The van der Waals surface area contributed by atoms with Crippen LogP contribution in [0.2, 0.25) is 0 Å². The Hall–Kier alpha value is -1.76. The van der Waals surface area contributed by atoms with Gasteiger partial charge in [0.25, 0.3) is 5.92 Å². The number of nitrogens with two attached hydrogens (primary N) is 1. The topological polar surface area (TPSA) is 66.6 Å². The first-order valence-corrected chi connectivity index (χ1v) is 6.81. The van der Waals surface area contributed by atoms with Gasteiger partial charge in [-0.05, 0) is 33.8 Å². The summed E-state index contributed by atoms with van der Waals surface area (Å²) in [5.41, 5.74) is 3.64. The van der Waals surface area contributed by atoms with Crippen molar-refractivity contribution in [3.05, 3.63) is 35.1 Å². The van der Waals surface area contributed by atoms with Crippen LogP contribution in [0.4, 0.5) is 18.0 Å². The molecule has 1 aromatic rings. The van der Waals surface area contributed by atoms with E-state index in [1.807, 2.05) is 0 Å². The fourth-order valence-electron chi connectivity index (χ4n) is 2.06. The van der Waals surface area contributed by atoms with E-state index in [9.17, 15) is 18.0 Å². The van der Waals surface area contributed by atoms with Crippen molar-refractivity contribution in [3.8, 4) is 0 Å². The number of carboxylic acid groups (broad SMARTS) is 1. The van der Waals surface area contributed by atoms with E-state index in [0.29, 0.717) is 4.90 Å². The zero-order chi connectivity index (χ0) is 17.3. The lowest BCUT2D eigenvalue weighted by Crippen LogP contribution is -2.49. The Morgan fingerprint density at radius 1 is 1.36 bits per heavy atom. The molecule has 0 aromatic heterocycles. The van der Waals surface area contributed by atoms with Crippen LogP contribution in [-0.4, -0.2) is 28.2 Å². The molecule has 0 heterocycles. The zero-order valence-corrected chi connectivity index (χ0v) is 13.0. The summed E-state index contributed by atoms with van der Waals surface area (Å²) in [6.45, 7) is 4.83. The van der Waals surface area contributed by atoms with Gasteiger partial charge in [0.15, 0.2) is 0 Å². The van der Waals surface area contributed by atoms with Crippen LogP contribution in [0.15, 0.2) is 18.2 Å². The third-order valence-corrected chi connectivity index (χ3v) is 3.31. The first-order chi connectivity index (χ1) is 9.88. The highest BCUT2D eigenvalue weighted by molar-refractivity contribution is 5.66. The molecule has 4 nitrogen and oxygen atoms in total. The van der Waals surface area contributed by atoms with E-state index in [4.69, 9.17) is 10.8 Å². The summed E-state index contributed by atoms with van der Waals surface area (Å²) in [5, 5.41) is 9.11. The molecule has 0 unspecified atom stereocenters. The molecule has 0 bridgehead atoms. The Bertz CT molecular complexity index is 554. The van der Waals surface area contributed by atoms with Crippen molar-refractivity contribution < 1.29 is 23.1 Å². The number of alkyl halides is 2. The molecule has 22 heavy (non-hydrogen) atoms. The minimum absolute atomic E-state index is 0.0326. The maximum atomic E-state index is 14.4. The monoisotopic (exact) mass is 318 g/mol. The van der Waals surface area contributed by atoms with Crippen molar-refractivity contribution in [1.82, 2.24) is 4.90 Å². The highest BCUT2D eigenvalue weighted by atomic mass is 19.3. The molecule has 1 rings (SSSR count). The van der Waals surface area contributed by atoms with Gasteiger partial charge in [-0.25, -0.2) is 9.18 Å². The van der Waals surface area contributed by atoms with Crippen LogP contribution in [0.1, 0.15) is 44.9 Å². The van der Waals surface area contributed by atoms with E-state index in [1.165, 1.54) is 39.8 Å². The lowest BCUT2D eigenvalue weighted by atomic mass is 9.98. The Morgan fingerprint density at radius 3 is 2.32 bits per heavy atom. The lowest BCUT2D eigenvalue weighted by molar-refractivity contribution is -0.0536. The predicted molar refractivity (Wildman–Crippen MR) is 77.4 cm³/mol. The molecule has 0 saturated carbocycles. The highest BCUT2D eigenvalue weighted by Gasteiger charge is 2.42. The predicted octanol–water partition coefficient (Wildman–Crippen LogP) is 3.72. The SMILES string of the molecule is C[C@@H](N)c1cccc(C(F)(F)CN(C(=O)O)C(C)(C)C)c1F. The highest BCUT2D eigenvalue weighted by Crippen LogP contribution is 2.35. The fraction of sp³-hybridized carbons (Fsp3) is 0.533. The van der Waals surface area contributed by atoms with E-state index in [0.717, 1.165) is 6.07 Å². The second-order valence-corrected chi connectivity index (χ2v) is 6.24. The summed E-state index contributed by atoms with van der Waals surface area (Å²) in [5.74, 6) is -4.76. The molecule has 124 valence electrons. The number of carbonyl (C=O) groups is 1. The normalized spacial score (nSPS) is 13.8. The Labute approximate surface area is 127 Å². The average molecular weight is 318 g/mol. The van der Waals surface area contributed by atoms with Gasteiger partial charge >= 0.3 is 6.09 Å². The van der Waals surface area contributed by atoms with Gasteiger partial charge in [-0.3, -0.25) is 4.90 Å². The molecule has 0 spiro atoms. The maximum absolute atomic E-state index is 14.4. The van der Waals surface area contributed by atoms with Crippen LogP contribution in [0.25, 0.3) is 0 Å². The second-order valence-electron chi connectivity index (χ2n) is 6.24. The molecule has 0 saturated heterocycles. The van der Waals surface area contributed by atoms with E-state index in [-0.39, 0.29) is 5.56 Å². The summed E-state index contributed by atoms with van der Waals surface area (Å²) in [4.78, 5) is 11.8. The molecule has 1 amide bonds. The number of hydrogen-bond donors (Lipinski definition) is 2. The molecule has 3 N–H and O–H groups in total. The van der Waals surface area contributed by atoms with Crippen molar-refractivity contribution >= 4 is 6.09 Å². The first kappa shape index (κ1) is 18.3. The largest absolute Gasteiger partial charge is 0.465 e. The number of benzene rings is 1. The van der Waals surface area contributed by atoms with E-state index < -0.39 is 41.5 Å². The van der Waals surface area contributed by atoms with Crippen LogP contribution in [-0.2, 0) is 5.92 Å². The molecule has 0 radical (unpaired) electrons. The van der Waals surface area contributed by atoms with Crippen LogP contribution in [0.5, 0.6) is 0 Å². The van der Waals surface area contributed by atoms with Gasteiger partial charge in [-0.1, -0.05) is 12.1 Å². The molecule has 7 heteroatoms. The summed E-state index contributed by atoms with van der Waals surface area (Å²) in [7, 11) is 0. The second kappa shape index (κ2) is 6.16. The van der Waals surface area contributed by atoms with Gasteiger partial charge in [-0.2, -0.15) is 8.78 Å². The van der Waals surface area contributed by atoms with Crippen molar-refractivity contribution in [3.63, 3.8) is 0 Å². The number of nitrogens with zero attached hydrogens (tertiary/aromatic N) is 1. The molecular weight excluding hydrogens is 297 g/mol. The lowest BCUT2D eigenvalue weighted by Gasteiger charge is -2.36. The Morgan fingerprint density at radius 2 is 1.91 bits per heavy atom.